The Hall–Kier alpha value is -3.85. The number of phenols is 1. The maximum atomic E-state index is 13.0. The summed E-state index contributed by atoms with van der Waals surface area (Å²) in [5, 5.41) is 36.9. The molecular formula is C30H35N3O5. The maximum Gasteiger partial charge on any atom is 0.268 e. The smallest absolute Gasteiger partial charge is 0.268 e. The summed E-state index contributed by atoms with van der Waals surface area (Å²) in [6.45, 7) is 2.47. The van der Waals surface area contributed by atoms with Crippen molar-refractivity contribution in [1.29, 1.82) is 0 Å². The van der Waals surface area contributed by atoms with Gasteiger partial charge in [0.25, 0.3) is 5.91 Å². The van der Waals surface area contributed by atoms with Gasteiger partial charge in [0.2, 0.25) is 0 Å². The van der Waals surface area contributed by atoms with Crippen LogP contribution in [0.4, 0.5) is 0 Å². The number of aliphatic hydroxyl groups excluding tert-OH is 2. The molecule has 0 saturated carbocycles. The van der Waals surface area contributed by atoms with E-state index in [1.807, 2.05) is 48.0 Å². The number of benzene rings is 3. The Kier molecular flexibility index (Phi) is 8.68. The van der Waals surface area contributed by atoms with E-state index in [0.29, 0.717) is 29.9 Å². The van der Waals surface area contributed by atoms with Crippen molar-refractivity contribution in [3.63, 3.8) is 0 Å². The van der Waals surface area contributed by atoms with Gasteiger partial charge in [0, 0.05) is 48.2 Å². The van der Waals surface area contributed by atoms with Crippen molar-refractivity contribution in [3.05, 3.63) is 94.7 Å². The number of amides is 1. The van der Waals surface area contributed by atoms with Crippen LogP contribution in [0.3, 0.4) is 0 Å². The van der Waals surface area contributed by atoms with Crippen LogP contribution in [0.15, 0.2) is 66.7 Å². The fourth-order valence-corrected chi connectivity index (χ4v) is 4.65. The lowest BCUT2D eigenvalue weighted by Gasteiger charge is -2.18. The summed E-state index contributed by atoms with van der Waals surface area (Å²) in [5.74, 6) is 0.597. The maximum absolute atomic E-state index is 13.0. The van der Waals surface area contributed by atoms with Gasteiger partial charge >= 0.3 is 0 Å². The van der Waals surface area contributed by atoms with Crippen LogP contribution in [-0.2, 0) is 26.6 Å². The molecule has 200 valence electrons. The van der Waals surface area contributed by atoms with Crippen LogP contribution in [-0.4, -0.2) is 45.5 Å². The molecule has 0 spiro atoms. The molecule has 4 aromatic rings. The summed E-state index contributed by atoms with van der Waals surface area (Å²) >= 11 is 0. The van der Waals surface area contributed by atoms with Crippen LogP contribution in [0.25, 0.3) is 10.9 Å². The molecular weight excluding hydrogens is 482 g/mol. The minimum Gasteiger partial charge on any atom is -0.508 e. The third-order valence-corrected chi connectivity index (χ3v) is 6.83. The number of hydrogen-bond donors (Lipinski definition) is 5. The number of nitrogens with one attached hydrogen (secondary N) is 2. The standard InChI is InChI=1S/C30H35N3O5/c1-19(31-17-28(36)21-9-11-27(35)24(14-21)18-34)12-20-8-10-25-23(13-20)15-26(33(25)2)30(37)32-16-22-6-4-5-7-29(22)38-3/h4-11,13-15,19,28,31,34-36H,12,16-18H2,1-3H3,(H,32,37)/t19?,28-/m0/s1. The molecule has 0 saturated heterocycles. The summed E-state index contributed by atoms with van der Waals surface area (Å²) in [6, 6.07) is 20.5. The summed E-state index contributed by atoms with van der Waals surface area (Å²) < 4.78 is 7.27. The number of methoxy groups -OCH3 is 1. The van der Waals surface area contributed by atoms with Gasteiger partial charge in [-0.15, -0.1) is 0 Å². The highest BCUT2D eigenvalue weighted by Gasteiger charge is 2.16. The first-order valence-corrected chi connectivity index (χ1v) is 12.6. The number of aromatic nitrogens is 1. The lowest BCUT2D eigenvalue weighted by Crippen LogP contribution is -2.32. The second-order valence-electron chi connectivity index (χ2n) is 9.55. The van der Waals surface area contributed by atoms with Gasteiger partial charge in [0.1, 0.15) is 17.2 Å². The Bertz CT molecular complexity index is 1410. The molecule has 1 aromatic heterocycles. The van der Waals surface area contributed by atoms with Crippen molar-refractivity contribution in [2.24, 2.45) is 7.05 Å². The van der Waals surface area contributed by atoms with Gasteiger partial charge in [0.15, 0.2) is 0 Å². The number of hydrogen-bond acceptors (Lipinski definition) is 6. The number of ether oxygens (including phenoxy) is 1. The predicted molar refractivity (Wildman–Crippen MR) is 147 cm³/mol. The van der Waals surface area contributed by atoms with Gasteiger partial charge in [-0.2, -0.15) is 0 Å². The molecule has 3 aromatic carbocycles. The lowest BCUT2D eigenvalue weighted by atomic mass is 10.0. The van der Waals surface area contributed by atoms with E-state index < -0.39 is 6.10 Å². The number of para-hydroxylation sites is 1. The first-order valence-electron chi connectivity index (χ1n) is 12.6. The lowest BCUT2D eigenvalue weighted by molar-refractivity contribution is 0.0943. The molecule has 0 aliphatic rings. The second-order valence-corrected chi connectivity index (χ2v) is 9.55. The largest absolute Gasteiger partial charge is 0.508 e. The summed E-state index contributed by atoms with van der Waals surface area (Å²) in [6.07, 6.45) is -0.0263. The summed E-state index contributed by atoms with van der Waals surface area (Å²) in [5.41, 5.74) is 4.60. The first-order chi connectivity index (χ1) is 18.3. The molecule has 1 amide bonds. The highest BCUT2D eigenvalue weighted by molar-refractivity contribution is 5.98. The second kappa shape index (κ2) is 12.1. The van der Waals surface area contributed by atoms with Crippen LogP contribution >= 0.6 is 0 Å². The van der Waals surface area contributed by atoms with Crippen LogP contribution in [0.5, 0.6) is 11.5 Å². The van der Waals surface area contributed by atoms with Gasteiger partial charge in [0.05, 0.1) is 19.8 Å². The SMILES string of the molecule is COc1ccccc1CNC(=O)c1cc2cc(CC(C)NC[C@H](O)c3ccc(O)c(CO)c3)ccc2n1C. The molecule has 1 unspecified atom stereocenters. The molecule has 0 aliphatic carbocycles. The van der Waals surface area contributed by atoms with Crippen LogP contribution in [0, 0.1) is 0 Å². The number of nitrogens with zero attached hydrogens (tertiary/aromatic N) is 1. The van der Waals surface area contributed by atoms with Crippen molar-refractivity contribution in [3.8, 4) is 11.5 Å². The summed E-state index contributed by atoms with van der Waals surface area (Å²) in [7, 11) is 3.50. The number of aryl methyl sites for hydroxylation is 1. The van der Waals surface area contributed by atoms with Gasteiger partial charge in [-0.05, 0) is 60.9 Å². The highest BCUT2D eigenvalue weighted by Crippen LogP contribution is 2.24. The molecule has 8 heteroatoms. The zero-order chi connectivity index (χ0) is 27.2. The molecule has 2 atom stereocenters. The van der Waals surface area contributed by atoms with Gasteiger partial charge in [-0.3, -0.25) is 4.79 Å². The van der Waals surface area contributed by atoms with Crippen molar-refractivity contribution < 1.29 is 24.9 Å². The number of rotatable bonds is 11. The monoisotopic (exact) mass is 517 g/mol. The molecule has 5 N–H and O–H groups in total. The third-order valence-electron chi connectivity index (χ3n) is 6.83. The predicted octanol–water partition coefficient (Wildman–Crippen LogP) is 3.57. The van der Waals surface area contributed by atoms with E-state index in [1.165, 1.54) is 6.07 Å². The molecule has 0 radical (unpaired) electrons. The number of aliphatic hydroxyl groups is 2. The number of aromatic hydroxyl groups is 1. The molecule has 0 bridgehead atoms. The molecule has 0 aliphatic heterocycles. The van der Waals surface area contributed by atoms with E-state index in [9.17, 15) is 20.1 Å². The molecule has 0 fully saturated rings. The average molecular weight is 518 g/mol. The minimum absolute atomic E-state index is 0.0122. The topological polar surface area (TPSA) is 116 Å². The number of carbonyl (C=O) groups excluding carboxylic acids is 1. The average Bonchev–Trinajstić information content (AvgIpc) is 3.26. The fraction of sp³-hybridized carbons (Fsp3) is 0.300. The van der Waals surface area contributed by atoms with Crippen molar-refractivity contribution in [2.75, 3.05) is 13.7 Å². The van der Waals surface area contributed by atoms with Crippen LogP contribution in [0.1, 0.15) is 45.8 Å². The quantitative estimate of drug-likeness (QED) is 0.208. The number of carbonyl (C=O) groups is 1. The van der Waals surface area contributed by atoms with Gasteiger partial charge < -0.3 is 35.3 Å². The highest BCUT2D eigenvalue weighted by atomic mass is 16.5. The van der Waals surface area contributed by atoms with Crippen molar-refractivity contribution in [2.45, 2.75) is 38.6 Å². The summed E-state index contributed by atoms with van der Waals surface area (Å²) in [4.78, 5) is 13.0. The van der Waals surface area contributed by atoms with Crippen LogP contribution < -0.4 is 15.4 Å². The van der Waals surface area contributed by atoms with Gasteiger partial charge in [-0.1, -0.05) is 30.3 Å². The van der Waals surface area contributed by atoms with E-state index in [2.05, 4.69) is 29.7 Å². The van der Waals surface area contributed by atoms with E-state index in [-0.39, 0.29) is 24.3 Å². The molecule has 4 rings (SSSR count). The molecule has 8 nitrogen and oxygen atoms in total. The van der Waals surface area contributed by atoms with Gasteiger partial charge in [-0.25, -0.2) is 0 Å². The number of fused-ring (bicyclic) bond motifs is 1. The van der Waals surface area contributed by atoms with E-state index in [4.69, 9.17) is 4.74 Å². The van der Waals surface area contributed by atoms with Crippen molar-refractivity contribution >= 4 is 16.8 Å². The molecule has 1 heterocycles. The minimum atomic E-state index is -0.767. The fourth-order valence-electron chi connectivity index (χ4n) is 4.65. The van der Waals surface area contributed by atoms with Crippen molar-refractivity contribution in [1.82, 2.24) is 15.2 Å². The molecule has 38 heavy (non-hydrogen) atoms. The zero-order valence-corrected chi connectivity index (χ0v) is 21.9. The Morgan fingerprint density at radius 2 is 1.84 bits per heavy atom. The Morgan fingerprint density at radius 3 is 2.61 bits per heavy atom. The van der Waals surface area contributed by atoms with E-state index in [0.717, 1.165) is 34.2 Å². The first kappa shape index (κ1) is 27.2. The van der Waals surface area contributed by atoms with Crippen LogP contribution in [0.2, 0.25) is 0 Å². The Labute approximate surface area is 222 Å². The third kappa shape index (κ3) is 6.16. The zero-order valence-electron chi connectivity index (χ0n) is 21.9. The Morgan fingerprint density at radius 1 is 1.05 bits per heavy atom. The Balaban J connectivity index is 1.37. The van der Waals surface area contributed by atoms with E-state index in [1.54, 1.807) is 19.2 Å². The normalized spacial score (nSPS) is 12.9. The van der Waals surface area contributed by atoms with E-state index >= 15 is 0 Å².